The summed E-state index contributed by atoms with van der Waals surface area (Å²) in [6, 6.07) is 2.58. The van der Waals surface area contributed by atoms with Crippen molar-refractivity contribution in [3.05, 3.63) is 28.2 Å². The molecule has 1 saturated heterocycles. The molecule has 2 rings (SSSR count). The molecule has 0 amide bonds. The fraction of sp³-hybridized carbons (Fsp3) is 0.462. The smallest absolute Gasteiger partial charge is 0.416 e. The molecule has 0 aliphatic carbocycles. The highest BCUT2D eigenvalue weighted by Gasteiger charge is 2.47. The Morgan fingerprint density at radius 2 is 1.84 bits per heavy atom. The third-order valence-electron chi connectivity index (χ3n) is 3.39. The molecule has 1 aliphatic rings. The molecule has 0 unspecified atom stereocenters. The molecule has 8 nitrogen and oxygen atoms in total. The van der Waals surface area contributed by atoms with Crippen molar-refractivity contribution in [2.45, 2.75) is 36.9 Å². The van der Waals surface area contributed by atoms with Gasteiger partial charge in [0.05, 0.1) is 11.3 Å². The van der Waals surface area contributed by atoms with Crippen LogP contribution in [0.1, 0.15) is 5.56 Å². The average Bonchev–Trinajstić information content (AvgIpc) is 2.51. The summed E-state index contributed by atoms with van der Waals surface area (Å²) >= 11 is 2.91. The zero-order chi connectivity index (χ0) is 18.9. The number of rotatable bonds is 4. The van der Waals surface area contributed by atoms with Crippen LogP contribution in [0.5, 0.6) is 0 Å². The van der Waals surface area contributed by atoms with Crippen LogP contribution in [0.15, 0.2) is 22.7 Å². The second-order valence-corrected chi connectivity index (χ2v) is 6.00. The number of carbonyl (C=O) groups is 1. The SMILES string of the molecule is O=C(O)[C@@H]1O[C@H](ONc2ccc(C(F)(F)F)cc2Br)[C@@H](O)[C@H](O)[C@H]1O. The second kappa shape index (κ2) is 7.43. The van der Waals surface area contributed by atoms with Crippen molar-refractivity contribution in [3.8, 4) is 0 Å². The van der Waals surface area contributed by atoms with Crippen molar-refractivity contribution in [2.24, 2.45) is 0 Å². The number of alkyl halides is 3. The van der Waals surface area contributed by atoms with Gasteiger partial charge < -0.3 is 25.2 Å². The van der Waals surface area contributed by atoms with Gasteiger partial charge in [0.15, 0.2) is 6.10 Å². The Labute approximate surface area is 146 Å². The Morgan fingerprint density at radius 1 is 1.20 bits per heavy atom. The van der Waals surface area contributed by atoms with Crippen molar-refractivity contribution < 1.29 is 48.0 Å². The lowest BCUT2D eigenvalue weighted by Crippen LogP contribution is -2.60. The van der Waals surface area contributed by atoms with Crippen molar-refractivity contribution in [1.82, 2.24) is 0 Å². The predicted octanol–water partition coefficient (Wildman–Crippen LogP) is 0.704. The molecule has 1 aromatic rings. The van der Waals surface area contributed by atoms with E-state index in [2.05, 4.69) is 21.4 Å². The largest absolute Gasteiger partial charge is 0.479 e. The van der Waals surface area contributed by atoms with Gasteiger partial charge >= 0.3 is 12.1 Å². The molecule has 25 heavy (non-hydrogen) atoms. The predicted molar refractivity (Wildman–Crippen MR) is 78.2 cm³/mol. The fourth-order valence-corrected chi connectivity index (χ4v) is 2.50. The van der Waals surface area contributed by atoms with Crippen LogP contribution in [0.25, 0.3) is 0 Å². The second-order valence-electron chi connectivity index (χ2n) is 5.15. The summed E-state index contributed by atoms with van der Waals surface area (Å²) in [5.41, 5.74) is 1.31. The number of halogens is 4. The summed E-state index contributed by atoms with van der Waals surface area (Å²) in [6.07, 6.45) is -13.6. The number of ether oxygens (including phenoxy) is 1. The zero-order valence-corrected chi connectivity index (χ0v) is 13.7. The average molecular weight is 432 g/mol. The van der Waals surface area contributed by atoms with Crippen molar-refractivity contribution in [3.63, 3.8) is 0 Å². The number of hydrogen-bond donors (Lipinski definition) is 5. The van der Waals surface area contributed by atoms with Gasteiger partial charge in [-0.3, -0.25) is 5.48 Å². The van der Waals surface area contributed by atoms with Crippen molar-refractivity contribution in [2.75, 3.05) is 5.48 Å². The van der Waals surface area contributed by atoms with Gasteiger partial charge in [-0.1, -0.05) is 0 Å². The number of aliphatic hydroxyl groups is 3. The molecule has 0 saturated carbocycles. The number of carboxylic acids is 1. The number of anilines is 1. The molecule has 5 atom stereocenters. The Balaban J connectivity index is 2.08. The lowest BCUT2D eigenvalue weighted by atomic mass is 9.99. The Hall–Kier alpha value is -1.44. The van der Waals surface area contributed by atoms with E-state index in [0.717, 1.165) is 18.2 Å². The maximum atomic E-state index is 12.6. The van der Waals surface area contributed by atoms with Crippen LogP contribution in [-0.4, -0.2) is 57.1 Å². The van der Waals surface area contributed by atoms with Crippen LogP contribution in [0.3, 0.4) is 0 Å². The minimum Gasteiger partial charge on any atom is -0.479 e. The minimum atomic E-state index is -4.54. The first-order chi connectivity index (χ1) is 11.5. The lowest BCUT2D eigenvalue weighted by molar-refractivity contribution is -0.287. The lowest BCUT2D eigenvalue weighted by Gasteiger charge is -2.38. The van der Waals surface area contributed by atoms with Crippen molar-refractivity contribution >= 4 is 27.6 Å². The highest BCUT2D eigenvalue weighted by molar-refractivity contribution is 9.10. The fourth-order valence-electron chi connectivity index (χ4n) is 2.05. The maximum Gasteiger partial charge on any atom is 0.416 e. The van der Waals surface area contributed by atoms with E-state index in [-0.39, 0.29) is 10.2 Å². The number of nitrogens with one attached hydrogen (secondary N) is 1. The van der Waals surface area contributed by atoms with E-state index in [9.17, 15) is 33.3 Å². The number of carboxylic acid groups (broad SMARTS) is 1. The number of hydrogen-bond acceptors (Lipinski definition) is 7. The topological polar surface area (TPSA) is 128 Å². The van der Waals surface area contributed by atoms with Gasteiger partial charge in [-0.05, 0) is 34.1 Å². The van der Waals surface area contributed by atoms with Crippen LogP contribution >= 0.6 is 15.9 Å². The maximum absolute atomic E-state index is 12.6. The minimum absolute atomic E-state index is 0.0243. The molecular weight excluding hydrogens is 419 g/mol. The highest BCUT2D eigenvalue weighted by Crippen LogP contribution is 2.34. The monoisotopic (exact) mass is 431 g/mol. The van der Waals surface area contributed by atoms with Gasteiger partial charge in [-0.2, -0.15) is 13.2 Å². The van der Waals surface area contributed by atoms with Gasteiger partial charge in [0.1, 0.15) is 18.3 Å². The normalized spacial score (nSPS) is 30.1. The van der Waals surface area contributed by atoms with Crippen LogP contribution < -0.4 is 5.48 Å². The molecule has 5 N–H and O–H groups in total. The van der Waals surface area contributed by atoms with Crippen LogP contribution in [0, 0.1) is 0 Å². The van der Waals surface area contributed by atoms with E-state index in [1.807, 2.05) is 0 Å². The highest BCUT2D eigenvalue weighted by atomic mass is 79.9. The van der Waals surface area contributed by atoms with E-state index in [0.29, 0.717) is 0 Å². The first kappa shape index (κ1) is 19.9. The van der Waals surface area contributed by atoms with E-state index in [1.165, 1.54) is 0 Å². The third kappa shape index (κ3) is 4.40. The molecule has 140 valence electrons. The molecule has 1 aromatic carbocycles. The third-order valence-corrected chi connectivity index (χ3v) is 4.05. The van der Waals surface area contributed by atoms with Gasteiger partial charge in [0.2, 0.25) is 6.29 Å². The summed E-state index contributed by atoms with van der Waals surface area (Å²) in [5, 5.41) is 37.8. The quantitative estimate of drug-likeness (QED) is 0.440. The van der Waals surface area contributed by atoms with E-state index in [4.69, 9.17) is 14.7 Å². The van der Waals surface area contributed by atoms with Crippen LogP contribution in [-0.2, 0) is 20.5 Å². The number of benzene rings is 1. The molecule has 0 bridgehead atoms. The zero-order valence-electron chi connectivity index (χ0n) is 12.1. The van der Waals surface area contributed by atoms with E-state index >= 15 is 0 Å². The first-order valence-corrected chi connectivity index (χ1v) is 7.52. The van der Waals surface area contributed by atoms with Gasteiger partial charge in [-0.15, -0.1) is 0 Å². The summed E-state index contributed by atoms with van der Waals surface area (Å²) in [4.78, 5) is 15.9. The summed E-state index contributed by atoms with van der Waals surface area (Å²) in [5.74, 6) is -1.59. The van der Waals surface area contributed by atoms with Gasteiger partial charge in [0, 0.05) is 4.47 Å². The summed E-state index contributed by atoms with van der Waals surface area (Å²) in [6.45, 7) is 0. The molecule has 1 aliphatic heterocycles. The molecule has 0 radical (unpaired) electrons. The standard InChI is InChI=1S/C13H13BrF3NO7/c14-5-3-4(13(15,16)17)1-2-6(5)18-25-12-9(21)7(19)8(20)10(24-12)11(22)23/h1-3,7-10,12,18-21H,(H,22,23)/t7-,8-,9+,10-,12-/m1/s1. The molecular formula is C13H13BrF3NO7. The number of aliphatic carboxylic acids is 1. The molecule has 1 heterocycles. The Kier molecular flexibility index (Phi) is 5.91. The van der Waals surface area contributed by atoms with Gasteiger partial charge in [-0.25, -0.2) is 9.63 Å². The molecule has 0 aromatic heterocycles. The Morgan fingerprint density at radius 3 is 2.36 bits per heavy atom. The van der Waals surface area contributed by atoms with E-state index < -0.39 is 48.4 Å². The molecule has 1 fully saturated rings. The van der Waals surface area contributed by atoms with Gasteiger partial charge in [0.25, 0.3) is 0 Å². The molecule has 12 heteroatoms. The number of aliphatic hydroxyl groups excluding tert-OH is 3. The summed E-state index contributed by atoms with van der Waals surface area (Å²) < 4.78 is 42.6. The van der Waals surface area contributed by atoms with Crippen LogP contribution in [0.2, 0.25) is 0 Å². The first-order valence-electron chi connectivity index (χ1n) is 6.73. The summed E-state index contributed by atoms with van der Waals surface area (Å²) in [7, 11) is 0. The molecule has 0 spiro atoms. The Bertz CT molecular complexity index is 645. The van der Waals surface area contributed by atoms with Crippen molar-refractivity contribution in [1.29, 1.82) is 0 Å². The van der Waals surface area contributed by atoms with Crippen LogP contribution in [0.4, 0.5) is 18.9 Å². The van der Waals surface area contributed by atoms with E-state index in [1.54, 1.807) is 0 Å².